The van der Waals surface area contributed by atoms with Gasteiger partial charge in [0.25, 0.3) is 5.70 Å². The molecule has 0 amide bonds. The predicted molar refractivity (Wildman–Crippen MR) is 179 cm³/mol. The van der Waals surface area contributed by atoms with E-state index in [4.69, 9.17) is 6.57 Å². The molecule has 8 heteroatoms. The lowest BCUT2D eigenvalue weighted by Gasteiger charge is -2.23. The van der Waals surface area contributed by atoms with Crippen LogP contribution in [-0.2, 0) is 0 Å². The molecule has 7 rings (SSSR count). The Balaban J connectivity index is 1.32. The van der Waals surface area contributed by atoms with Crippen molar-refractivity contribution >= 4 is 76.7 Å². The van der Waals surface area contributed by atoms with Gasteiger partial charge >= 0.3 is 0 Å². The molecule has 216 valence electrons. The fraction of sp³-hybridized carbons (Fsp3) is 0.0541. The number of allylic oxidation sites excluding steroid dienone is 3. The highest BCUT2D eigenvalue weighted by Gasteiger charge is 2.34. The van der Waals surface area contributed by atoms with E-state index in [1.165, 1.54) is 22.5 Å². The van der Waals surface area contributed by atoms with Crippen molar-refractivity contribution in [3.8, 4) is 6.07 Å². The number of fused-ring (bicyclic) bond motifs is 3. The lowest BCUT2D eigenvalue weighted by molar-refractivity contribution is 0.104. The molecule has 0 atom stereocenters. The molecule has 0 saturated carbocycles. The number of thiophene rings is 2. The maximum atomic E-state index is 14.2. The molecule has 0 spiro atoms. The SMILES string of the molecule is [C-]#[N+]/C(C#N)=C1\C(=C\c2cc3cc4sc(N(c5ccc(C)cc5)c5ccc(C)cc5)cc4cc3s2)C(=O)c2cc(F)c(F)cc21. The summed E-state index contributed by atoms with van der Waals surface area (Å²) < 4.78 is 30.3. The van der Waals surface area contributed by atoms with Crippen LogP contribution in [0.5, 0.6) is 0 Å². The molecule has 0 saturated heterocycles. The Labute approximate surface area is 265 Å². The van der Waals surface area contributed by atoms with Crippen molar-refractivity contribution < 1.29 is 13.6 Å². The second-order valence-electron chi connectivity index (χ2n) is 10.8. The molecule has 6 aromatic rings. The van der Waals surface area contributed by atoms with Gasteiger partial charge in [0.1, 0.15) is 5.00 Å². The van der Waals surface area contributed by atoms with Gasteiger partial charge < -0.3 is 4.90 Å². The first-order valence-corrected chi connectivity index (χ1v) is 15.6. The summed E-state index contributed by atoms with van der Waals surface area (Å²) in [5, 5.41) is 12.7. The van der Waals surface area contributed by atoms with E-state index in [9.17, 15) is 18.8 Å². The van der Waals surface area contributed by atoms with Gasteiger partial charge in [0.05, 0.1) is 12.6 Å². The number of Topliss-reactive ketones (excluding diaryl/α,β-unsaturated/α-hetero) is 1. The third kappa shape index (κ3) is 4.91. The van der Waals surface area contributed by atoms with E-state index in [1.54, 1.807) is 17.4 Å². The van der Waals surface area contributed by atoms with Gasteiger partial charge in [0, 0.05) is 42.4 Å². The zero-order valence-electron chi connectivity index (χ0n) is 24.0. The summed E-state index contributed by atoms with van der Waals surface area (Å²) in [5.41, 5.74) is 4.25. The Morgan fingerprint density at radius 3 is 1.96 bits per heavy atom. The molecule has 0 unspecified atom stereocenters. The maximum Gasteiger partial charge on any atom is 0.270 e. The van der Waals surface area contributed by atoms with Gasteiger partial charge in [-0.2, -0.15) is 0 Å². The molecule has 0 bridgehead atoms. The van der Waals surface area contributed by atoms with Crippen LogP contribution in [0.1, 0.15) is 31.9 Å². The number of nitriles is 1. The number of halogens is 2. The molecule has 0 N–H and O–H groups in total. The molecule has 1 aliphatic rings. The molecule has 4 nitrogen and oxygen atoms in total. The van der Waals surface area contributed by atoms with Crippen LogP contribution in [-0.4, -0.2) is 5.78 Å². The summed E-state index contributed by atoms with van der Waals surface area (Å²) >= 11 is 3.14. The van der Waals surface area contributed by atoms with Gasteiger partial charge in [-0.15, -0.1) is 22.7 Å². The molecule has 2 aromatic heterocycles. The Bertz CT molecular complexity index is 2240. The van der Waals surface area contributed by atoms with Crippen molar-refractivity contribution in [2.45, 2.75) is 13.8 Å². The molecule has 1 aliphatic carbocycles. The van der Waals surface area contributed by atoms with Crippen LogP contribution in [0.25, 0.3) is 36.7 Å². The van der Waals surface area contributed by atoms with Crippen molar-refractivity contribution in [3.63, 3.8) is 0 Å². The minimum Gasteiger partial charge on any atom is -0.302 e. The summed E-state index contributed by atoms with van der Waals surface area (Å²) in [6.07, 6.45) is 1.61. The topological polar surface area (TPSA) is 48.5 Å². The molecular formula is C37H21F2N3OS2. The summed E-state index contributed by atoms with van der Waals surface area (Å²) in [6.45, 7) is 11.6. The first-order chi connectivity index (χ1) is 21.7. The molecular weight excluding hydrogens is 605 g/mol. The quantitative estimate of drug-likeness (QED) is 0.111. The van der Waals surface area contributed by atoms with Crippen molar-refractivity contribution in [1.29, 1.82) is 5.26 Å². The maximum absolute atomic E-state index is 14.2. The van der Waals surface area contributed by atoms with Crippen molar-refractivity contribution in [2.24, 2.45) is 0 Å². The van der Waals surface area contributed by atoms with Crippen LogP contribution >= 0.6 is 22.7 Å². The Hall–Kier alpha value is -5.41. The smallest absolute Gasteiger partial charge is 0.270 e. The third-order valence-corrected chi connectivity index (χ3v) is 9.92. The highest BCUT2D eigenvalue weighted by Crippen LogP contribution is 2.45. The van der Waals surface area contributed by atoms with Crippen LogP contribution in [0.15, 0.2) is 96.2 Å². The van der Waals surface area contributed by atoms with E-state index in [1.807, 2.05) is 12.1 Å². The zero-order valence-corrected chi connectivity index (χ0v) is 25.6. The highest BCUT2D eigenvalue weighted by atomic mass is 32.1. The van der Waals surface area contributed by atoms with Crippen LogP contribution in [0.4, 0.5) is 25.2 Å². The van der Waals surface area contributed by atoms with Crippen molar-refractivity contribution in [3.05, 3.63) is 146 Å². The molecule has 0 aliphatic heterocycles. The molecule has 2 heterocycles. The lowest BCUT2D eigenvalue weighted by Crippen LogP contribution is -2.08. The second kappa shape index (κ2) is 10.9. The number of anilines is 3. The summed E-state index contributed by atoms with van der Waals surface area (Å²) in [7, 11) is 0. The number of nitrogens with zero attached hydrogens (tertiary/aromatic N) is 3. The first kappa shape index (κ1) is 28.4. The van der Waals surface area contributed by atoms with E-state index in [0.717, 1.165) is 53.6 Å². The van der Waals surface area contributed by atoms with Gasteiger partial charge in [-0.25, -0.2) is 18.9 Å². The number of aryl methyl sites for hydroxylation is 2. The van der Waals surface area contributed by atoms with E-state index in [-0.39, 0.29) is 28.0 Å². The molecule has 0 radical (unpaired) electrons. The number of carbonyl (C=O) groups is 1. The number of carbonyl (C=O) groups excluding carboxylic acids is 1. The van der Waals surface area contributed by atoms with Crippen LogP contribution in [0.3, 0.4) is 0 Å². The van der Waals surface area contributed by atoms with Crippen LogP contribution in [0, 0.1) is 43.4 Å². The van der Waals surface area contributed by atoms with Crippen LogP contribution < -0.4 is 4.90 Å². The average Bonchev–Trinajstić information content (AvgIpc) is 3.69. The Morgan fingerprint density at radius 1 is 0.822 bits per heavy atom. The van der Waals surface area contributed by atoms with E-state index in [2.05, 4.69) is 90.3 Å². The number of hydrogen-bond donors (Lipinski definition) is 0. The summed E-state index contributed by atoms with van der Waals surface area (Å²) in [4.78, 5) is 19.6. The third-order valence-electron chi connectivity index (χ3n) is 7.80. The fourth-order valence-electron chi connectivity index (χ4n) is 5.57. The number of hydrogen-bond acceptors (Lipinski definition) is 5. The monoisotopic (exact) mass is 625 g/mol. The summed E-state index contributed by atoms with van der Waals surface area (Å²) in [6, 6.07) is 28.8. The molecule has 45 heavy (non-hydrogen) atoms. The van der Waals surface area contributed by atoms with E-state index >= 15 is 0 Å². The standard InChI is InChI=1S/C37H21F2N3OS2/c1-20-4-8-24(9-5-20)42(25-10-6-21(2)7-11-25)35-15-23-14-33-22(13-34(23)45-35)12-26(44-33)16-29-36(32(19-40)41-3)27-17-30(38)31(39)18-28(27)37(29)43/h4-18H,1-2H3/b29-16-,36-32-. The van der Waals surface area contributed by atoms with Gasteiger partial charge in [0.2, 0.25) is 0 Å². The highest BCUT2D eigenvalue weighted by molar-refractivity contribution is 7.23. The predicted octanol–water partition coefficient (Wildman–Crippen LogP) is 10.9. The Kier molecular flexibility index (Phi) is 6.90. The molecule has 4 aromatic carbocycles. The number of benzene rings is 4. The lowest BCUT2D eigenvalue weighted by atomic mass is 10.0. The number of ketones is 1. The zero-order chi connectivity index (χ0) is 31.4. The molecule has 0 fully saturated rings. The van der Waals surface area contributed by atoms with E-state index in [0.29, 0.717) is 0 Å². The second-order valence-corrected chi connectivity index (χ2v) is 13.0. The van der Waals surface area contributed by atoms with Gasteiger partial charge in [-0.1, -0.05) is 35.4 Å². The van der Waals surface area contributed by atoms with Crippen LogP contribution in [0.2, 0.25) is 0 Å². The minimum absolute atomic E-state index is 0.0294. The van der Waals surface area contributed by atoms with E-state index < -0.39 is 17.4 Å². The van der Waals surface area contributed by atoms with Gasteiger partial charge in [-0.3, -0.25) is 4.79 Å². The fourth-order valence-corrected chi connectivity index (χ4v) is 7.74. The normalized spacial score (nSPS) is 14.5. The first-order valence-electron chi connectivity index (χ1n) is 13.9. The largest absolute Gasteiger partial charge is 0.302 e. The summed E-state index contributed by atoms with van der Waals surface area (Å²) in [5.74, 6) is -2.86. The van der Waals surface area contributed by atoms with Gasteiger partial charge in [0.15, 0.2) is 17.4 Å². The number of rotatable bonds is 4. The van der Waals surface area contributed by atoms with Crippen molar-refractivity contribution in [1.82, 2.24) is 0 Å². The average molecular weight is 626 g/mol. The minimum atomic E-state index is -1.16. The Morgan fingerprint density at radius 2 is 1.38 bits per heavy atom. The van der Waals surface area contributed by atoms with Gasteiger partial charge in [-0.05, 0) is 96.9 Å². The van der Waals surface area contributed by atoms with Crippen molar-refractivity contribution in [2.75, 3.05) is 4.90 Å².